The third kappa shape index (κ3) is 4.48. The van der Waals surface area contributed by atoms with Crippen LogP contribution in [0.5, 0.6) is 11.5 Å². The Balaban J connectivity index is 1.26. The minimum atomic E-state index is -0.522. The smallest absolute Gasteiger partial charge is 0.127 e. The van der Waals surface area contributed by atoms with E-state index < -0.39 is 5.82 Å². The maximum absolute atomic E-state index is 14.0. The second-order valence-corrected chi connectivity index (χ2v) is 10.1. The molecule has 0 radical (unpaired) electrons. The standard InChI is InChI=1S/C31H26FN5O2/c32-20-11-19(12-21(38)14-20)30-24-16-28(35-26(24)9-10-33-30)31-25-15-27(34-17-29(25)36-37-31)18-5-4-8-23(13-18)39-22-6-2-1-3-7-22/h4-5,8-17,22,35,38H,1-3,6-7H2,(H,36,37). The summed E-state index contributed by atoms with van der Waals surface area (Å²) in [7, 11) is 0. The summed E-state index contributed by atoms with van der Waals surface area (Å²) in [6.07, 6.45) is 9.68. The Morgan fingerprint density at radius 1 is 0.846 bits per heavy atom. The normalized spacial score (nSPS) is 14.3. The number of aromatic hydroxyl groups is 1. The molecule has 1 aliphatic rings. The Hall–Kier alpha value is -4.72. The lowest BCUT2D eigenvalue weighted by molar-refractivity contribution is 0.155. The van der Waals surface area contributed by atoms with Crippen molar-refractivity contribution in [3.05, 3.63) is 78.9 Å². The largest absolute Gasteiger partial charge is 0.508 e. The van der Waals surface area contributed by atoms with Gasteiger partial charge in [0.1, 0.15) is 23.0 Å². The number of aromatic amines is 2. The number of aromatic nitrogens is 5. The van der Waals surface area contributed by atoms with Crippen LogP contribution in [-0.2, 0) is 0 Å². The first-order chi connectivity index (χ1) is 19.1. The first-order valence-corrected chi connectivity index (χ1v) is 13.2. The number of halogens is 1. The van der Waals surface area contributed by atoms with E-state index in [1.807, 2.05) is 36.4 Å². The third-order valence-corrected chi connectivity index (χ3v) is 7.39. The van der Waals surface area contributed by atoms with Crippen LogP contribution in [0.4, 0.5) is 4.39 Å². The van der Waals surface area contributed by atoms with E-state index >= 15 is 0 Å². The molecule has 0 atom stereocenters. The molecule has 6 aromatic rings. The minimum Gasteiger partial charge on any atom is -0.508 e. The molecule has 4 aromatic heterocycles. The monoisotopic (exact) mass is 519 g/mol. The quantitative estimate of drug-likeness (QED) is 0.220. The highest BCUT2D eigenvalue weighted by atomic mass is 19.1. The van der Waals surface area contributed by atoms with Crippen LogP contribution >= 0.6 is 0 Å². The molecule has 1 fully saturated rings. The van der Waals surface area contributed by atoms with Gasteiger partial charge in [-0.2, -0.15) is 5.10 Å². The van der Waals surface area contributed by atoms with E-state index in [1.54, 1.807) is 12.4 Å². The van der Waals surface area contributed by atoms with Gasteiger partial charge in [0.2, 0.25) is 0 Å². The number of phenols is 1. The fourth-order valence-electron chi connectivity index (χ4n) is 5.51. The average molecular weight is 520 g/mol. The van der Waals surface area contributed by atoms with Crippen molar-refractivity contribution in [3.8, 4) is 45.4 Å². The minimum absolute atomic E-state index is 0.147. The average Bonchev–Trinajstić information content (AvgIpc) is 3.57. The van der Waals surface area contributed by atoms with Crippen molar-refractivity contribution >= 4 is 21.8 Å². The maximum Gasteiger partial charge on any atom is 0.127 e. The molecular weight excluding hydrogens is 493 g/mol. The van der Waals surface area contributed by atoms with Crippen LogP contribution in [0.25, 0.3) is 55.7 Å². The lowest BCUT2D eigenvalue weighted by Gasteiger charge is -2.23. The third-order valence-electron chi connectivity index (χ3n) is 7.39. The van der Waals surface area contributed by atoms with Gasteiger partial charge in [-0.15, -0.1) is 0 Å². The number of H-pyrrole nitrogens is 2. The number of ether oxygens (including phenoxy) is 1. The van der Waals surface area contributed by atoms with E-state index in [4.69, 9.17) is 4.74 Å². The Labute approximate surface area is 223 Å². The fourth-order valence-corrected chi connectivity index (χ4v) is 5.51. The van der Waals surface area contributed by atoms with E-state index in [-0.39, 0.29) is 11.9 Å². The molecule has 4 heterocycles. The summed E-state index contributed by atoms with van der Waals surface area (Å²) in [4.78, 5) is 12.6. The summed E-state index contributed by atoms with van der Waals surface area (Å²) in [6, 6.07) is 17.9. The van der Waals surface area contributed by atoms with Crippen LogP contribution in [-0.4, -0.2) is 36.4 Å². The molecule has 0 aliphatic heterocycles. The lowest BCUT2D eigenvalue weighted by atomic mass is 9.98. The number of pyridine rings is 2. The number of nitrogens with zero attached hydrogens (tertiary/aromatic N) is 3. The predicted molar refractivity (Wildman–Crippen MR) is 149 cm³/mol. The van der Waals surface area contributed by atoms with Gasteiger partial charge < -0.3 is 14.8 Å². The molecule has 0 spiro atoms. The molecule has 194 valence electrons. The first kappa shape index (κ1) is 23.4. The van der Waals surface area contributed by atoms with E-state index in [2.05, 4.69) is 31.2 Å². The number of hydrogen-bond donors (Lipinski definition) is 3. The van der Waals surface area contributed by atoms with E-state index in [1.165, 1.54) is 31.4 Å². The van der Waals surface area contributed by atoms with Gasteiger partial charge in [0.25, 0.3) is 0 Å². The van der Waals surface area contributed by atoms with Crippen LogP contribution in [0.15, 0.2) is 73.1 Å². The maximum atomic E-state index is 14.0. The van der Waals surface area contributed by atoms with Crippen molar-refractivity contribution in [1.29, 1.82) is 0 Å². The van der Waals surface area contributed by atoms with Gasteiger partial charge in [-0.1, -0.05) is 18.6 Å². The molecule has 1 saturated carbocycles. The summed E-state index contributed by atoms with van der Waals surface area (Å²) >= 11 is 0. The number of nitrogens with one attached hydrogen (secondary N) is 2. The Morgan fingerprint density at radius 3 is 2.59 bits per heavy atom. The van der Waals surface area contributed by atoms with E-state index in [0.717, 1.165) is 69.1 Å². The Bertz CT molecular complexity index is 1800. The summed E-state index contributed by atoms with van der Waals surface area (Å²) < 4.78 is 20.3. The zero-order valence-corrected chi connectivity index (χ0v) is 21.1. The van der Waals surface area contributed by atoms with Crippen molar-refractivity contribution in [3.63, 3.8) is 0 Å². The predicted octanol–water partition coefficient (Wildman–Crippen LogP) is 7.39. The SMILES string of the molecule is Oc1cc(F)cc(-c2nccc3[nH]c(-c4n[nH]c5cnc(-c6cccc(OC7CCCCC7)c6)cc45)cc23)c1. The van der Waals surface area contributed by atoms with Gasteiger partial charge in [-0.25, -0.2) is 4.39 Å². The van der Waals surface area contributed by atoms with Crippen molar-refractivity contribution in [1.82, 2.24) is 25.1 Å². The zero-order valence-electron chi connectivity index (χ0n) is 21.1. The molecular formula is C31H26FN5O2. The van der Waals surface area contributed by atoms with Gasteiger partial charge in [0.15, 0.2) is 0 Å². The second-order valence-electron chi connectivity index (χ2n) is 10.1. The highest BCUT2D eigenvalue weighted by Gasteiger charge is 2.17. The molecule has 2 aromatic carbocycles. The van der Waals surface area contributed by atoms with Gasteiger partial charge in [-0.05, 0) is 68.1 Å². The lowest BCUT2D eigenvalue weighted by Crippen LogP contribution is -2.19. The van der Waals surface area contributed by atoms with Crippen LogP contribution in [0, 0.1) is 5.82 Å². The summed E-state index contributed by atoms with van der Waals surface area (Å²) in [6.45, 7) is 0. The molecule has 0 bridgehead atoms. The number of phenolic OH excluding ortho intramolecular Hbond substituents is 1. The van der Waals surface area contributed by atoms with Crippen molar-refractivity contribution < 1.29 is 14.2 Å². The fraction of sp³-hybridized carbons (Fsp3) is 0.194. The molecule has 0 unspecified atom stereocenters. The van der Waals surface area contributed by atoms with Gasteiger partial charge in [0, 0.05) is 39.7 Å². The molecule has 0 amide bonds. The molecule has 8 heteroatoms. The van der Waals surface area contributed by atoms with Gasteiger partial charge >= 0.3 is 0 Å². The summed E-state index contributed by atoms with van der Waals surface area (Å²) in [5.41, 5.74) is 6.05. The van der Waals surface area contributed by atoms with Crippen LogP contribution in [0.1, 0.15) is 32.1 Å². The summed E-state index contributed by atoms with van der Waals surface area (Å²) in [5, 5.41) is 19.3. The number of fused-ring (bicyclic) bond motifs is 2. The second kappa shape index (κ2) is 9.54. The molecule has 3 N–H and O–H groups in total. The molecule has 7 nitrogen and oxygen atoms in total. The van der Waals surface area contributed by atoms with E-state index in [9.17, 15) is 9.50 Å². The number of benzene rings is 2. The van der Waals surface area contributed by atoms with Crippen molar-refractivity contribution in [2.75, 3.05) is 0 Å². The Morgan fingerprint density at radius 2 is 1.72 bits per heavy atom. The van der Waals surface area contributed by atoms with Gasteiger partial charge in [0.05, 0.1) is 34.9 Å². The topological polar surface area (TPSA) is 99.7 Å². The Kier molecular flexibility index (Phi) is 5.73. The van der Waals surface area contributed by atoms with Crippen molar-refractivity contribution in [2.45, 2.75) is 38.2 Å². The number of rotatable bonds is 5. The molecule has 39 heavy (non-hydrogen) atoms. The zero-order chi connectivity index (χ0) is 26.3. The van der Waals surface area contributed by atoms with Crippen LogP contribution in [0.3, 0.4) is 0 Å². The molecule has 1 aliphatic carbocycles. The molecule has 7 rings (SSSR count). The van der Waals surface area contributed by atoms with Crippen molar-refractivity contribution in [2.24, 2.45) is 0 Å². The first-order valence-electron chi connectivity index (χ1n) is 13.2. The van der Waals surface area contributed by atoms with Crippen LogP contribution < -0.4 is 4.74 Å². The number of hydrogen-bond acceptors (Lipinski definition) is 5. The van der Waals surface area contributed by atoms with Crippen LogP contribution in [0.2, 0.25) is 0 Å². The highest BCUT2D eigenvalue weighted by molar-refractivity contribution is 6.00. The summed E-state index contributed by atoms with van der Waals surface area (Å²) in [5.74, 6) is 0.199. The molecule has 0 saturated heterocycles. The highest BCUT2D eigenvalue weighted by Crippen LogP contribution is 2.35. The van der Waals surface area contributed by atoms with Gasteiger partial charge in [-0.3, -0.25) is 15.1 Å². The van der Waals surface area contributed by atoms with E-state index in [0.29, 0.717) is 11.3 Å².